The van der Waals surface area contributed by atoms with Gasteiger partial charge in [-0.3, -0.25) is 9.69 Å². The Morgan fingerprint density at radius 1 is 0.903 bits per heavy atom. The first-order chi connectivity index (χ1) is 15.1. The van der Waals surface area contributed by atoms with Gasteiger partial charge >= 0.3 is 0 Å². The van der Waals surface area contributed by atoms with Crippen LogP contribution < -0.4 is 0 Å². The number of hydrogen-bond donors (Lipinski definition) is 0. The maximum absolute atomic E-state index is 13.9. The zero-order chi connectivity index (χ0) is 21.4. The quantitative estimate of drug-likeness (QED) is 0.535. The fraction of sp³-hybridized carbons (Fsp3) is 0.345. The van der Waals surface area contributed by atoms with Crippen molar-refractivity contribution in [1.29, 1.82) is 0 Å². The molecule has 0 bridgehead atoms. The molecule has 1 aliphatic heterocycles. The van der Waals surface area contributed by atoms with Crippen molar-refractivity contribution in [2.24, 2.45) is 5.92 Å². The van der Waals surface area contributed by atoms with Gasteiger partial charge < -0.3 is 0 Å². The SMILES string of the molecule is Cc1cccc(C2(C3CCN(Cc4ccccc4C)CC3)Cc3ccccc3C2=O)c1. The number of fused-ring (bicyclic) bond motifs is 1. The maximum Gasteiger partial charge on any atom is 0.174 e. The molecule has 1 fully saturated rings. The van der Waals surface area contributed by atoms with Crippen molar-refractivity contribution in [1.82, 2.24) is 4.90 Å². The minimum absolute atomic E-state index is 0.339. The number of carbonyl (C=O) groups is 1. The van der Waals surface area contributed by atoms with Crippen LogP contribution in [0.25, 0.3) is 0 Å². The molecule has 1 saturated heterocycles. The summed E-state index contributed by atoms with van der Waals surface area (Å²) in [7, 11) is 0. The molecule has 5 rings (SSSR count). The second-order valence-electron chi connectivity index (χ2n) is 9.48. The number of ketones is 1. The first-order valence-electron chi connectivity index (χ1n) is 11.5. The number of nitrogens with zero attached hydrogens (tertiary/aromatic N) is 1. The Labute approximate surface area is 185 Å². The fourth-order valence-corrected chi connectivity index (χ4v) is 5.85. The minimum Gasteiger partial charge on any atom is -0.299 e. The highest BCUT2D eigenvalue weighted by Crippen LogP contribution is 2.48. The highest BCUT2D eigenvalue weighted by Gasteiger charge is 2.52. The second kappa shape index (κ2) is 8.09. The topological polar surface area (TPSA) is 20.3 Å². The molecule has 3 aromatic rings. The molecule has 31 heavy (non-hydrogen) atoms. The van der Waals surface area contributed by atoms with Gasteiger partial charge in [-0.05, 0) is 74.4 Å². The summed E-state index contributed by atoms with van der Waals surface area (Å²) in [6.45, 7) is 7.44. The Morgan fingerprint density at radius 2 is 1.65 bits per heavy atom. The van der Waals surface area contributed by atoms with E-state index in [0.29, 0.717) is 11.7 Å². The van der Waals surface area contributed by atoms with Gasteiger partial charge in [-0.1, -0.05) is 78.4 Å². The molecule has 1 unspecified atom stereocenters. The molecule has 0 radical (unpaired) electrons. The number of rotatable bonds is 4. The van der Waals surface area contributed by atoms with Gasteiger partial charge in [0.2, 0.25) is 0 Å². The third-order valence-electron chi connectivity index (χ3n) is 7.61. The molecular formula is C29H31NO. The van der Waals surface area contributed by atoms with Crippen molar-refractivity contribution >= 4 is 5.78 Å². The summed E-state index contributed by atoms with van der Waals surface area (Å²) < 4.78 is 0. The zero-order valence-corrected chi connectivity index (χ0v) is 18.6. The molecule has 0 aromatic heterocycles. The van der Waals surface area contributed by atoms with E-state index in [9.17, 15) is 4.79 Å². The van der Waals surface area contributed by atoms with Crippen LogP contribution >= 0.6 is 0 Å². The van der Waals surface area contributed by atoms with Gasteiger partial charge in [-0.15, -0.1) is 0 Å². The highest BCUT2D eigenvalue weighted by molar-refractivity contribution is 6.08. The predicted octanol–water partition coefficient (Wildman–Crippen LogP) is 5.89. The van der Waals surface area contributed by atoms with E-state index in [4.69, 9.17) is 0 Å². The van der Waals surface area contributed by atoms with Crippen molar-refractivity contribution in [3.63, 3.8) is 0 Å². The van der Waals surface area contributed by atoms with E-state index >= 15 is 0 Å². The second-order valence-corrected chi connectivity index (χ2v) is 9.48. The van der Waals surface area contributed by atoms with E-state index in [0.717, 1.165) is 44.5 Å². The Balaban J connectivity index is 1.43. The van der Waals surface area contributed by atoms with Gasteiger partial charge in [-0.2, -0.15) is 0 Å². The molecule has 0 spiro atoms. The predicted molar refractivity (Wildman–Crippen MR) is 127 cm³/mol. The Hall–Kier alpha value is -2.71. The van der Waals surface area contributed by atoms with Crippen LogP contribution in [0.5, 0.6) is 0 Å². The van der Waals surface area contributed by atoms with E-state index < -0.39 is 5.41 Å². The third-order valence-corrected chi connectivity index (χ3v) is 7.61. The number of aryl methyl sites for hydroxylation is 2. The lowest BCUT2D eigenvalue weighted by molar-refractivity contribution is 0.0735. The van der Waals surface area contributed by atoms with Gasteiger partial charge in [0.25, 0.3) is 0 Å². The van der Waals surface area contributed by atoms with Crippen molar-refractivity contribution in [2.75, 3.05) is 13.1 Å². The van der Waals surface area contributed by atoms with Crippen LogP contribution in [0.2, 0.25) is 0 Å². The summed E-state index contributed by atoms with van der Waals surface area (Å²) in [6, 6.07) is 25.6. The van der Waals surface area contributed by atoms with Crippen LogP contribution in [0.3, 0.4) is 0 Å². The number of hydrogen-bond acceptors (Lipinski definition) is 2. The van der Waals surface area contributed by atoms with Crippen molar-refractivity contribution in [3.05, 3.63) is 106 Å². The van der Waals surface area contributed by atoms with Crippen LogP contribution in [0.15, 0.2) is 72.8 Å². The van der Waals surface area contributed by atoms with E-state index in [-0.39, 0.29) is 0 Å². The molecule has 2 aliphatic rings. The summed E-state index contributed by atoms with van der Waals surface area (Å²) in [5, 5.41) is 0. The number of carbonyl (C=O) groups excluding carboxylic acids is 1. The molecule has 3 aromatic carbocycles. The Bertz CT molecular complexity index is 1110. The standard InChI is InChI=1S/C29H31NO/c1-21-8-7-12-26(18-21)29(19-23-10-5-6-13-27(23)28(29)31)25-14-16-30(17-15-25)20-24-11-4-3-9-22(24)2/h3-13,18,25H,14-17,19-20H2,1-2H3. The molecule has 1 atom stereocenters. The van der Waals surface area contributed by atoms with Crippen LogP contribution in [0.4, 0.5) is 0 Å². The average Bonchev–Trinajstić information content (AvgIpc) is 3.09. The van der Waals surface area contributed by atoms with E-state index in [1.165, 1.54) is 27.8 Å². The Morgan fingerprint density at radius 3 is 2.39 bits per heavy atom. The third kappa shape index (κ3) is 3.53. The maximum atomic E-state index is 13.9. The summed E-state index contributed by atoms with van der Waals surface area (Å²) in [4.78, 5) is 16.5. The monoisotopic (exact) mass is 409 g/mol. The number of benzene rings is 3. The van der Waals surface area contributed by atoms with Crippen LogP contribution in [0, 0.1) is 19.8 Å². The van der Waals surface area contributed by atoms with Gasteiger partial charge in [0.15, 0.2) is 5.78 Å². The normalized spacial score (nSPS) is 21.9. The molecule has 2 heteroatoms. The average molecular weight is 410 g/mol. The largest absolute Gasteiger partial charge is 0.299 e. The van der Waals surface area contributed by atoms with Crippen LogP contribution in [-0.2, 0) is 18.4 Å². The number of likely N-dealkylation sites (tertiary alicyclic amines) is 1. The molecule has 0 N–H and O–H groups in total. The minimum atomic E-state index is -0.412. The van der Waals surface area contributed by atoms with Gasteiger partial charge in [0, 0.05) is 12.1 Å². The van der Waals surface area contributed by atoms with Crippen LogP contribution in [-0.4, -0.2) is 23.8 Å². The first kappa shape index (κ1) is 20.2. The highest BCUT2D eigenvalue weighted by atomic mass is 16.1. The summed E-state index contributed by atoms with van der Waals surface area (Å²) >= 11 is 0. The molecule has 1 heterocycles. The fourth-order valence-electron chi connectivity index (χ4n) is 5.85. The molecule has 1 aliphatic carbocycles. The summed E-state index contributed by atoms with van der Waals surface area (Å²) in [5.74, 6) is 0.716. The molecular weight excluding hydrogens is 378 g/mol. The molecule has 0 amide bonds. The van der Waals surface area contributed by atoms with Crippen molar-refractivity contribution in [2.45, 2.75) is 45.1 Å². The first-order valence-corrected chi connectivity index (χ1v) is 11.5. The van der Waals surface area contributed by atoms with Gasteiger partial charge in [0.1, 0.15) is 0 Å². The van der Waals surface area contributed by atoms with Gasteiger partial charge in [0.05, 0.1) is 5.41 Å². The molecule has 0 saturated carbocycles. The van der Waals surface area contributed by atoms with E-state index in [1.54, 1.807) is 0 Å². The van der Waals surface area contributed by atoms with Crippen molar-refractivity contribution < 1.29 is 4.79 Å². The number of piperidine rings is 1. The zero-order valence-electron chi connectivity index (χ0n) is 18.6. The summed E-state index contributed by atoms with van der Waals surface area (Å²) in [6.07, 6.45) is 2.98. The molecule has 158 valence electrons. The van der Waals surface area contributed by atoms with E-state index in [1.807, 2.05) is 12.1 Å². The lowest BCUT2D eigenvalue weighted by Gasteiger charge is -2.42. The van der Waals surface area contributed by atoms with E-state index in [2.05, 4.69) is 79.4 Å². The summed E-state index contributed by atoms with van der Waals surface area (Å²) in [5.41, 5.74) is 6.97. The Kier molecular flexibility index (Phi) is 5.27. The molecule has 2 nitrogen and oxygen atoms in total. The van der Waals surface area contributed by atoms with Crippen molar-refractivity contribution in [3.8, 4) is 0 Å². The lowest BCUT2D eigenvalue weighted by Crippen LogP contribution is -2.47. The van der Waals surface area contributed by atoms with Gasteiger partial charge in [-0.25, -0.2) is 0 Å². The van der Waals surface area contributed by atoms with Crippen LogP contribution in [0.1, 0.15) is 51.0 Å². The smallest absolute Gasteiger partial charge is 0.174 e. The number of Topliss-reactive ketones (excluding diaryl/α,β-unsaturated/α-hetero) is 1. The lowest BCUT2D eigenvalue weighted by atomic mass is 9.64.